The van der Waals surface area contributed by atoms with Gasteiger partial charge in [0.15, 0.2) is 0 Å². The van der Waals surface area contributed by atoms with Gasteiger partial charge in [0.05, 0.1) is 23.4 Å². The summed E-state index contributed by atoms with van der Waals surface area (Å²) in [6, 6.07) is 5.62. The number of carbonyl (C=O) groups is 1. The van der Waals surface area contributed by atoms with E-state index >= 15 is 0 Å². The van der Waals surface area contributed by atoms with Crippen LogP contribution in [0.3, 0.4) is 0 Å². The second kappa shape index (κ2) is 6.23. The van der Waals surface area contributed by atoms with Crippen molar-refractivity contribution < 1.29 is 9.90 Å². The Balaban J connectivity index is 2.03. The van der Waals surface area contributed by atoms with E-state index in [2.05, 4.69) is 9.97 Å². The molecule has 0 spiro atoms. The van der Waals surface area contributed by atoms with Gasteiger partial charge in [-0.25, -0.2) is 4.98 Å². The average Bonchev–Trinajstić information content (AvgIpc) is 2.82. The van der Waals surface area contributed by atoms with Crippen LogP contribution in [0, 0.1) is 0 Å². The van der Waals surface area contributed by atoms with Crippen LogP contribution in [0.1, 0.15) is 11.4 Å². The number of nitrogens with zero attached hydrogens (tertiary/aromatic N) is 3. The highest BCUT2D eigenvalue weighted by atomic mass is 32.1. The third-order valence-corrected chi connectivity index (χ3v) is 2.97. The van der Waals surface area contributed by atoms with Crippen LogP contribution < -0.4 is 0 Å². The van der Waals surface area contributed by atoms with Crippen LogP contribution in [0.2, 0.25) is 0 Å². The summed E-state index contributed by atoms with van der Waals surface area (Å²) in [6.45, 7) is 1.01. The van der Waals surface area contributed by atoms with Crippen molar-refractivity contribution in [2.45, 2.75) is 13.1 Å². The Morgan fingerprint density at radius 2 is 2.11 bits per heavy atom. The Kier molecular flexibility index (Phi) is 4.38. The Labute approximate surface area is 109 Å². The number of pyridine rings is 1. The van der Waals surface area contributed by atoms with E-state index < -0.39 is 5.97 Å². The quantitative estimate of drug-likeness (QED) is 0.858. The van der Waals surface area contributed by atoms with Gasteiger partial charge in [0.25, 0.3) is 0 Å². The molecule has 0 unspecified atom stereocenters. The van der Waals surface area contributed by atoms with Crippen molar-refractivity contribution >= 4 is 17.3 Å². The lowest BCUT2D eigenvalue weighted by Crippen LogP contribution is -2.29. The highest BCUT2D eigenvalue weighted by Crippen LogP contribution is 2.08. The molecule has 0 atom stereocenters. The van der Waals surface area contributed by atoms with E-state index in [0.717, 1.165) is 11.4 Å². The molecule has 0 fully saturated rings. The summed E-state index contributed by atoms with van der Waals surface area (Å²) in [7, 11) is 0. The summed E-state index contributed by atoms with van der Waals surface area (Å²) in [5.74, 6) is -0.846. The van der Waals surface area contributed by atoms with Gasteiger partial charge in [0, 0.05) is 24.7 Å². The lowest BCUT2D eigenvalue weighted by Gasteiger charge is -2.18. The smallest absolute Gasteiger partial charge is 0.317 e. The van der Waals surface area contributed by atoms with Crippen LogP contribution >= 0.6 is 11.3 Å². The lowest BCUT2D eigenvalue weighted by atomic mass is 10.3. The number of hydrogen-bond donors (Lipinski definition) is 1. The number of hydrogen-bond acceptors (Lipinski definition) is 5. The Hall–Kier alpha value is -1.79. The molecule has 2 aromatic rings. The molecule has 2 aromatic heterocycles. The van der Waals surface area contributed by atoms with Crippen molar-refractivity contribution in [3.05, 3.63) is 46.7 Å². The van der Waals surface area contributed by atoms with Crippen molar-refractivity contribution in [2.24, 2.45) is 0 Å². The van der Waals surface area contributed by atoms with Gasteiger partial charge in [0.1, 0.15) is 0 Å². The third-order valence-electron chi connectivity index (χ3n) is 2.34. The van der Waals surface area contributed by atoms with Gasteiger partial charge in [0.2, 0.25) is 0 Å². The number of carboxylic acids is 1. The van der Waals surface area contributed by atoms with E-state index in [-0.39, 0.29) is 6.54 Å². The Bertz CT molecular complexity index is 487. The lowest BCUT2D eigenvalue weighted by molar-refractivity contribution is -0.138. The number of aliphatic carboxylic acids is 1. The fourth-order valence-electron chi connectivity index (χ4n) is 1.62. The normalized spacial score (nSPS) is 10.7. The minimum Gasteiger partial charge on any atom is -0.480 e. The first-order chi connectivity index (χ1) is 8.74. The number of thiazole rings is 1. The van der Waals surface area contributed by atoms with Crippen LogP contribution in [0.15, 0.2) is 35.3 Å². The fourth-order valence-corrected chi connectivity index (χ4v) is 2.17. The first-order valence-corrected chi connectivity index (χ1v) is 6.39. The van der Waals surface area contributed by atoms with E-state index in [4.69, 9.17) is 5.11 Å². The second-order valence-electron chi connectivity index (χ2n) is 3.84. The van der Waals surface area contributed by atoms with E-state index in [1.807, 2.05) is 23.6 Å². The van der Waals surface area contributed by atoms with Gasteiger partial charge in [-0.3, -0.25) is 14.7 Å². The Morgan fingerprint density at radius 3 is 2.72 bits per heavy atom. The van der Waals surface area contributed by atoms with E-state index in [1.165, 1.54) is 11.3 Å². The monoisotopic (exact) mass is 263 g/mol. The fraction of sp³-hybridized carbons (Fsp3) is 0.250. The Morgan fingerprint density at radius 1 is 1.28 bits per heavy atom. The van der Waals surface area contributed by atoms with Gasteiger partial charge in [-0.1, -0.05) is 6.07 Å². The molecule has 0 radical (unpaired) electrons. The zero-order valence-electron chi connectivity index (χ0n) is 9.69. The van der Waals surface area contributed by atoms with Crippen molar-refractivity contribution in [2.75, 3.05) is 6.54 Å². The molecule has 0 aromatic carbocycles. The highest BCUT2D eigenvalue weighted by Gasteiger charge is 2.12. The van der Waals surface area contributed by atoms with Gasteiger partial charge in [-0.05, 0) is 12.1 Å². The van der Waals surface area contributed by atoms with E-state index in [1.54, 1.807) is 16.6 Å². The molecule has 0 saturated carbocycles. The van der Waals surface area contributed by atoms with Crippen molar-refractivity contribution in [3.63, 3.8) is 0 Å². The summed E-state index contributed by atoms with van der Waals surface area (Å²) < 4.78 is 0. The van der Waals surface area contributed by atoms with Gasteiger partial charge in [-0.2, -0.15) is 0 Å². The topological polar surface area (TPSA) is 66.3 Å². The molecule has 0 aliphatic carbocycles. The number of rotatable bonds is 6. The van der Waals surface area contributed by atoms with Gasteiger partial charge in [-0.15, -0.1) is 11.3 Å². The standard InChI is InChI=1S/C12H13N3O2S/c16-12(17)7-15(6-11-8-18-9-14-11)5-10-3-1-2-4-13-10/h1-4,8-9H,5-7H2,(H,16,17). The minimum atomic E-state index is -0.846. The molecule has 5 nitrogen and oxygen atoms in total. The zero-order valence-corrected chi connectivity index (χ0v) is 10.5. The first-order valence-electron chi connectivity index (χ1n) is 5.45. The maximum absolute atomic E-state index is 10.8. The number of carboxylic acid groups (broad SMARTS) is 1. The molecule has 94 valence electrons. The molecule has 0 bridgehead atoms. The van der Waals surface area contributed by atoms with Gasteiger partial charge < -0.3 is 5.11 Å². The predicted molar refractivity (Wildman–Crippen MR) is 68.1 cm³/mol. The number of aromatic nitrogens is 2. The summed E-state index contributed by atoms with van der Waals surface area (Å²) in [5, 5.41) is 10.8. The van der Waals surface area contributed by atoms with Crippen LogP contribution in [-0.2, 0) is 17.9 Å². The second-order valence-corrected chi connectivity index (χ2v) is 4.56. The summed E-state index contributed by atoms with van der Waals surface area (Å²) in [5.41, 5.74) is 3.49. The molecular formula is C12H13N3O2S. The van der Waals surface area contributed by atoms with Crippen molar-refractivity contribution in [1.29, 1.82) is 0 Å². The highest BCUT2D eigenvalue weighted by molar-refractivity contribution is 7.07. The van der Waals surface area contributed by atoms with Crippen LogP contribution in [0.25, 0.3) is 0 Å². The average molecular weight is 263 g/mol. The minimum absolute atomic E-state index is 0.0197. The summed E-state index contributed by atoms with van der Waals surface area (Å²) in [6.07, 6.45) is 1.71. The predicted octanol–water partition coefficient (Wildman–Crippen LogP) is 1.62. The first kappa shape index (κ1) is 12.7. The molecule has 0 aliphatic heterocycles. The summed E-state index contributed by atoms with van der Waals surface area (Å²) >= 11 is 1.51. The van der Waals surface area contributed by atoms with E-state index in [9.17, 15) is 4.79 Å². The maximum Gasteiger partial charge on any atom is 0.317 e. The van der Waals surface area contributed by atoms with Crippen LogP contribution in [-0.4, -0.2) is 32.5 Å². The molecule has 2 rings (SSSR count). The molecule has 6 heteroatoms. The molecule has 0 saturated heterocycles. The van der Waals surface area contributed by atoms with Gasteiger partial charge >= 0.3 is 5.97 Å². The zero-order chi connectivity index (χ0) is 12.8. The largest absolute Gasteiger partial charge is 0.480 e. The SMILES string of the molecule is O=C(O)CN(Cc1ccccn1)Cc1cscn1. The van der Waals surface area contributed by atoms with Crippen LogP contribution in [0.5, 0.6) is 0 Å². The maximum atomic E-state index is 10.8. The molecule has 2 heterocycles. The van der Waals surface area contributed by atoms with Crippen LogP contribution in [0.4, 0.5) is 0 Å². The van der Waals surface area contributed by atoms with E-state index in [0.29, 0.717) is 13.1 Å². The van der Waals surface area contributed by atoms with Crippen molar-refractivity contribution in [3.8, 4) is 0 Å². The summed E-state index contributed by atoms with van der Waals surface area (Å²) in [4.78, 5) is 21.0. The molecule has 0 amide bonds. The molecule has 18 heavy (non-hydrogen) atoms. The molecule has 0 aliphatic rings. The molecule has 1 N–H and O–H groups in total. The molecular weight excluding hydrogens is 250 g/mol. The third kappa shape index (κ3) is 3.90. The van der Waals surface area contributed by atoms with Crippen molar-refractivity contribution in [1.82, 2.24) is 14.9 Å².